The number of benzene rings is 2. The molecule has 0 saturated carbocycles. The number of methoxy groups -OCH3 is 1. The van der Waals surface area contributed by atoms with Crippen molar-refractivity contribution in [1.82, 2.24) is 0 Å². The van der Waals surface area contributed by atoms with Gasteiger partial charge < -0.3 is 9.47 Å². The SMILES string of the molecule is COC(=O)c1cc(F)cc(-c2ccccc2OC(F)(F)F)c1. The van der Waals surface area contributed by atoms with Gasteiger partial charge in [-0.2, -0.15) is 0 Å². The molecule has 0 unspecified atom stereocenters. The average molecular weight is 314 g/mol. The zero-order chi connectivity index (χ0) is 16.3. The van der Waals surface area contributed by atoms with Gasteiger partial charge in [-0.25, -0.2) is 9.18 Å². The number of para-hydroxylation sites is 1. The Hall–Kier alpha value is -2.57. The van der Waals surface area contributed by atoms with E-state index in [1.54, 1.807) is 0 Å². The maximum absolute atomic E-state index is 13.6. The number of hydrogen-bond donors (Lipinski definition) is 0. The maximum Gasteiger partial charge on any atom is 0.573 e. The van der Waals surface area contributed by atoms with Crippen LogP contribution in [0, 0.1) is 5.82 Å². The lowest BCUT2D eigenvalue weighted by molar-refractivity contribution is -0.274. The van der Waals surface area contributed by atoms with Gasteiger partial charge >= 0.3 is 12.3 Å². The van der Waals surface area contributed by atoms with Crippen LogP contribution >= 0.6 is 0 Å². The minimum Gasteiger partial charge on any atom is -0.465 e. The van der Waals surface area contributed by atoms with E-state index in [-0.39, 0.29) is 16.7 Å². The lowest BCUT2D eigenvalue weighted by Gasteiger charge is -2.13. The van der Waals surface area contributed by atoms with Gasteiger partial charge in [-0.1, -0.05) is 18.2 Å². The summed E-state index contributed by atoms with van der Waals surface area (Å²) < 4.78 is 59.2. The van der Waals surface area contributed by atoms with Gasteiger partial charge in [-0.15, -0.1) is 13.2 Å². The molecule has 0 bridgehead atoms. The molecule has 0 aliphatic rings. The molecule has 0 heterocycles. The molecule has 0 aliphatic carbocycles. The zero-order valence-electron chi connectivity index (χ0n) is 11.3. The smallest absolute Gasteiger partial charge is 0.465 e. The number of carbonyl (C=O) groups is 1. The maximum atomic E-state index is 13.6. The summed E-state index contributed by atoms with van der Waals surface area (Å²) in [5.41, 5.74) is -0.0379. The van der Waals surface area contributed by atoms with Crippen LogP contribution in [0.4, 0.5) is 17.6 Å². The second-order valence-electron chi connectivity index (χ2n) is 4.26. The van der Waals surface area contributed by atoms with Gasteiger partial charge in [0.1, 0.15) is 11.6 Å². The molecular weight excluding hydrogens is 304 g/mol. The molecule has 0 aliphatic heterocycles. The molecule has 0 spiro atoms. The first-order valence-electron chi connectivity index (χ1n) is 6.04. The van der Waals surface area contributed by atoms with Crippen molar-refractivity contribution in [2.24, 2.45) is 0 Å². The Morgan fingerprint density at radius 1 is 1.09 bits per heavy atom. The first kappa shape index (κ1) is 15.8. The first-order valence-corrected chi connectivity index (χ1v) is 6.04. The Balaban J connectivity index is 2.52. The van der Waals surface area contributed by atoms with Gasteiger partial charge in [-0.05, 0) is 29.8 Å². The van der Waals surface area contributed by atoms with Crippen molar-refractivity contribution in [3.05, 3.63) is 53.8 Å². The highest BCUT2D eigenvalue weighted by molar-refractivity contribution is 5.91. The van der Waals surface area contributed by atoms with Gasteiger partial charge in [0.25, 0.3) is 0 Å². The molecular formula is C15H10F4O3. The molecule has 116 valence electrons. The van der Waals surface area contributed by atoms with Crippen molar-refractivity contribution in [2.45, 2.75) is 6.36 Å². The highest BCUT2D eigenvalue weighted by Crippen LogP contribution is 2.34. The molecule has 3 nitrogen and oxygen atoms in total. The fraction of sp³-hybridized carbons (Fsp3) is 0.133. The van der Waals surface area contributed by atoms with Crippen molar-refractivity contribution in [3.8, 4) is 16.9 Å². The molecule has 2 aromatic carbocycles. The summed E-state index contributed by atoms with van der Waals surface area (Å²) in [7, 11) is 1.12. The second kappa shape index (κ2) is 6.05. The standard InChI is InChI=1S/C15H10F4O3/c1-21-14(20)10-6-9(7-11(16)8-10)12-4-2-3-5-13(12)22-15(17,18)19/h2-8H,1H3. The number of ether oxygens (including phenoxy) is 2. The number of hydrogen-bond acceptors (Lipinski definition) is 3. The lowest BCUT2D eigenvalue weighted by atomic mass is 10.0. The summed E-state index contributed by atoms with van der Waals surface area (Å²) in [5, 5.41) is 0. The number of rotatable bonds is 3. The largest absolute Gasteiger partial charge is 0.573 e. The van der Waals surface area contributed by atoms with E-state index in [9.17, 15) is 22.4 Å². The van der Waals surface area contributed by atoms with Gasteiger partial charge in [0, 0.05) is 5.56 Å². The number of carbonyl (C=O) groups excluding carboxylic acids is 1. The Morgan fingerprint density at radius 2 is 1.77 bits per heavy atom. The molecule has 2 aromatic rings. The highest BCUT2D eigenvalue weighted by Gasteiger charge is 2.32. The molecule has 7 heteroatoms. The Bertz CT molecular complexity index is 695. The second-order valence-corrected chi connectivity index (χ2v) is 4.26. The first-order chi connectivity index (χ1) is 10.3. The van der Waals surface area contributed by atoms with E-state index in [0.29, 0.717) is 0 Å². The van der Waals surface area contributed by atoms with E-state index >= 15 is 0 Å². The van der Waals surface area contributed by atoms with Crippen LogP contribution in [-0.2, 0) is 4.74 Å². The monoisotopic (exact) mass is 314 g/mol. The number of alkyl halides is 3. The third-order valence-electron chi connectivity index (χ3n) is 2.74. The third-order valence-corrected chi connectivity index (χ3v) is 2.74. The van der Waals surface area contributed by atoms with E-state index in [1.807, 2.05) is 0 Å². The predicted molar refractivity (Wildman–Crippen MR) is 69.9 cm³/mol. The van der Waals surface area contributed by atoms with Crippen molar-refractivity contribution in [1.29, 1.82) is 0 Å². The van der Waals surface area contributed by atoms with Crippen LogP contribution < -0.4 is 4.74 Å². The van der Waals surface area contributed by atoms with Gasteiger partial charge in [0.05, 0.1) is 12.7 Å². The van der Waals surface area contributed by atoms with Crippen LogP contribution in [-0.4, -0.2) is 19.4 Å². The summed E-state index contributed by atoms with van der Waals surface area (Å²) in [4.78, 5) is 11.5. The lowest BCUT2D eigenvalue weighted by Crippen LogP contribution is -2.17. The summed E-state index contributed by atoms with van der Waals surface area (Å²) >= 11 is 0. The van der Waals surface area contributed by atoms with E-state index in [0.717, 1.165) is 25.3 Å². The Labute approximate surface area is 123 Å². The number of halogens is 4. The summed E-state index contributed by atoms with van der Waals surface area (Å²) in [6, 6.07) is 8.43. The summed E-state index contributed by atoms with van der Waals surface area (Å²) in [6.45, 7) is 0. The fourth-order valence-electron chi connectivity index (χ4n) is 1.90. The minimum atomic E-state index is -4.88. The van der Waals surface area contributed by atoms with Crippen LogP contribution in [0.25, 0.3) is 11.1 Å². The Kier molecular flexibility index (Phi) is 4.35. The average Bonchev–Trinajstić information content (AvgIpc) is 2.44. The van der Waals surface area contributed by atoms with Crippen LogP contribution in [0.5, 0.6) is 5.75 Å². The molecule has 2 rings (SSSR count). The quantitative estimate of drug-likeness (QED) is 0.630. The van der Waals surface area contributed by atoms with Gasteiger partial charge in [-0.3, -0.25) is 0 Å². The van der Waals surface area contributed by atoms with Crippen LogP contribution in [0.3, 0.4) is 0 Å². The van der Waals surface area contributed by atoms with Crippen molar-refractivity contribution < 1.29 is 31.8 Å². The fourth-order valence-corrected chi connectivity index (χ4v) is 1.90. The third kappa shape index (κ3) is 3.75. The normalized spacial score (nSPS) is 11.1. The molecule has 0 N–H and O–H groups in total. The number of esters is 1. The zero-order valence-corrected chi connectivity index (χ0v) is 11.3. The van der Waals surface area contributed by atoms with E-state index in [2.05, 4.69) is 9.47 Å². The molecule has 22 heavy (non-hydrogen) atoms. The van der Waals surface area contributed by atoms with Crippen LogP contribution in [0.15, 0.2) is 42.5 Å². The predicted octanol–water partition coefficient (Wildman–Crippen LogP) is 4.18. The van der Waals surface area contributed by atoms with Crippen molar-refractivity contribution >= 4 is 5.97 Å². The van der Waals surface area contributed by atoms with Crippen LogP contribution in [0.2, 0.25) is 0 Å². The van der Waals surface area contributed by atoms with Crippen molar-refractivity contribution in [3.63, 3.8) is 0 Å². The molecule has 0 radical (unpaired) electrons. The van der Waals surface area contributed by atoms with E-state index in [4.69, 9.17) is 0 Å². The Morgan fingerprint density at radius 3 is 2.41 bits per heavy atom. The molecule has 0 saturated heterocycles. The van der Waals surface area contributed by atoms with Gasteiger partial charge in [0.2, 0.25) is 0 Å². The highest BCUT2D eigenvalue weighted by atomic mass is 19.4. The van der Waals surface area contributed by atoms with Crippen LogP contribution in [0.1, 0.15) is 10.4 Å². The van der Waals surface area contributed by atoms with E-state index in [1.165, 1.54) is 24.3 Å². The summed E-state index contributed by atoms with van der Waals surface area (Å²) in [6.07, 6.45) is -4.88. The van der Waals surface area contributed by atoms with Crippen molar-refractivity contribution in [2.75, 3.05) is 7.11 Å². The topological polar surface area (TPSA) is 35.5 Å². The molecule has 0 atom stereocenters. The van der Waals surface area contributed by atoms with E-state index < -0.39 is 23.9 Å². The summed E-state index contributed by atoms with van der Waals surface area (Å²) in [5.74, 6) is -2.06. The van der Waals surface area contributed by atoms with Gasteiger partial charge in [0.15, 0.2) is 0 Å². The molecule has 0 aromatic heterocycles. The molecule has 0 amide bonds. The molecule has 0 fully saturated rings. The minimum absolute atomic E-state index is 0.00415.